The van der Waals surface area contributed by atoms with Crippen LogP contribution in [0.25, 0.3) is 0 Å². The van der Waals surface area contributed by atoms with E-state index in [0.29, 0.717) is 17.5 Å². The highest BCUT2D eigenvalue weighted by Gasteiger charge is 2.24. The lowest BCUT2D eigenvalue weighted by Gasteiger charge is -2.30. The zero-order valence-corrected chi connectivity index (χ0v) is 11.1. The van der Waals surface area contributed by atoms with Crippen LogP contribution in [0, 0.1) is 11.8 Å². The number of carbonyl (C=O) groups is 1. The molecular weight excluding hydrogens is 230 g/mol. The van der Waals surface area contributed by atoms with Crippen LogP contribution in [0.15, 0.2) is 10.9 Å². The molecule has 0 aromatic carbocycles. The van der Waals surface area contributed by atoms with Crippen LogP contribution >= 0.6 is 0 Å². The number of hydrogen-bond acceptors (Lipinski definition) is 3. The predicted molar refractivity (Wildman–Crippen MR) is 69.3 cm³/mol. The minimum absolute atomic E-state index is 0.165. The summed E-state index contributed by atoms with van der Waals surface area (Å²) in [5.74, 6) is 1.28. The zero-order chi connectivity index (χ0) is 13.3. The van der Waals surface area contributed by atoms with Crippen LogP contribution in [0.1, 0.15) is 36.5 Å². The van der Waals surface area contributed by atoms with E-state index < -0.39 is 0 Å². The maximum atomic E-state index is 11.8. The molecule has 1 aromatic rings. The Hall–Kier alpha value is -1.58. The Morgan fingerprint density at radius 1 is 1.50 bits per heavy atom. The quantitative estimate of drug-likeness (QED) is 0.769. The van der Waals surface area contributed by atoms with Gasteiger partial charge < -0.3 is 9.30 Å². The Bertz CT molecular complexity index is 517. The second-order valence-electron chi connectivity index (χ2n) is 5.19. The standard InChI is InChI=1S/C14H19NO3/c1-9(2)10-4-5-11-6-13(17)14(18-3)12(8-16)15(11)7-10/h6,8-10H,4-5,7H2,1-3H3. The lowest BCUT2D eigenvalue weighted by Crippen LogP contribution is -2.29. The number of rotatable bonds is 3. The molecule has 18 heavy (non-hydrogen) atoms. The molecule has 0 saturated carbocycles. The van der Waals surface area contributed by atoms with Gasteiger partial charge in [0, 0.05) is 18.3 Å². The summed E-state index contributed by atoms with van der Waals surface area (Å²) in [7, 11) is 1.43. The first kappa shape index (κ1) is 12.9. The summed E-state index contributed by atoms with van der Waals surface area (Å²) < 4.78 is 7.01. The molecule has 0 fully saturated rings. The third-order valence-electron chi connectivity index (χ3n) is 3.84. The first-order chi connectivity index (χ1) is 8.58. The van der Waals surface area contributed by atoms with Crippen molar-refractivity contribution in [2.45, 2.75) is 33.2 Å². The molecule has 98 valence electrons. The molecule has 1 unspecified atom stereocenters. The van der Waals surface area contributed by atoms with Gasteiger partial charge in [-0.2, -0.15) is 0 Å². The van der Waals surface area contributed by atoms with Crippen molar-refractivity contribution >= 4 is 6.29 Å². The number of aldehydes is 1. The maximum Gasteiger partial charge on any atom is 0.224 e. The van der Waals surface area contributed by atoms with E-state index in [4.69, 9.17) is 4.74 Å². The van der Waals surface area contributed by atoms with Gasteiger partial charge in [0.2, 0.25) is 5.43 Å². The summed E-state index contributed by atoms with van der Waals surface area (Å²) in [4.78, 5) is 23.1. The molecule has 0 bridgehead atoms. The van der Waals surface area contributed by atoms with Crippen molar-refractivity contribution in [2.75, 3.05) is 7.11 Å². The van der Waals surface area contributed by atoms with Crippen molar-refractivity contribution in [1.29, 1.82) is 0 Å². The van der Waals surface area contributed by atoms with E-state index in [0.717, 1.165) is 31.4 Å². The number of fused-ring (bicyclic) bond motifs is 1. The first-order valence-electron chi connectivity index (χ1n) is 6.34. The van der Waals surface area contributed by atoms with Crippen LogP contribution in [0.4, 0.5) is 0 Å². The number of methoxy groups -OCH3 is 1. The van der Waals surface area contributed by atoms with E-state index in [2.05, 4.69) is 13.8 Å². The summed E-state index contributed by atoms with van der Waals surface area (Å²) in [6, 6.07) is 1.60. The van der Waals surface area contributed by atoms with Crippen molar-refractivity contribution in [3.63, 3.8) is 0 Å². The van der Waals surface area contributed by atoms with E-state index in [1.54, 1.807) is 6.07 Å². The van der Waals surface area contributed by atoms with Crippen molar-refractivity contribution in [3.05, 3.63) is 27.7 Å². The molecular formula is C14H19NO3. The highest BCUT2D eigenvalue weighted by atomic mass is 16.5. The Kier molecular flexibility index (Phi) is 3.55. The van der Waals surface area contributed by atoms with E-state index in [-0.39, 0.29) is 11.2 Å². The van der Waals surface area contributed by atoms with E-state index >= 15 is 0 Å². The number of nitrogens with zero attached hydrogens (tertiary/aromatic N) is 1. The number of aromatic nitrogens is 1. The van der Waals surface area contributed by atoms with Crippen molar-refractivity contribution < 1.29 is 9.53 Å². The van der Waals surface area contributed by atoms with Crippen LogP contribution in [0.2, 0.25) is 0 Å². The molecule has 4 heteroatoms. The minimum atomic E-state index is -0.200. The molecule has 2 heterocycles. The smallest absolute Gasteiger partial charge is 0.224 e. The van der Waals surface area contributed by atoms with Gasteiger partial charge in [-0.05, 0) is 24.7 Å². The summed E-state index contributed by atoms with van der Waals surface area (Å²) in [6.45, 7) is 5.17. The molecule has 1 aliphatic rings. The Balaban J connectivity index is 2.54. The van der Waals surface area contributed by atoms with E-state index in [9.17, 15) is 9.59 Å². The largest absolute Gasteiger partial charge is 0.491 e. The number of pyridine rings is 1. The van der Waals surface area contributed by atoms with Gasteiger partial charge in [0.1, 0.15) is 5.69 Å². The molecule has 1 atom stereocenters. The van der Waals surface area contributed by atoms with Gasteiger partial charge in [0.25, 0.3) is 0 Å². The second kappa shape index (κ2) is 4.96. The fourth-order valence-corrected chi connectivity index (χ4v) is 2.65. The summed E-state index contributed by atoms with van der Waals surface area (Å²) in [5, 5.41) is 0. The number of hydrogen-bond donors (Lipinski definition) is 0. The Morgan fingerprint density at radius 2 is 2.22 bits per heavy atom. The normalized spacial score (nSPS) is 18.6. The fraction of sp³-hybridized carbons (Fsp3) is 0.571. The van der Waals surface area contributed by atoms with E-state index in [1.807, 2.05) is 4.57 Å². The summed E-state index contributed by atoms with van der Waals surface area (Å²) in [6.07, 6.45) is 2.65. The molecule has 2 rings (SSSR count). The van der Waals surface area contributed by atoms with Gasteiger partial charge in [-0.25, -0.2) is 0 Å². The van der Waals surface area contributed by atoms with Crippen LogP contribution < -0.4 is 10.2 Å². The molecule has 0 saturated heterocycles. The molecule has 0 N–H and O–H groups in total. The predicted octanol–water partition coefficient (Wildman–Crippen LogP) is 1.89. The zero-order valence-electron chi connectivity index (χ0n) is 11.1. The van der Waals surface area contributed by atoms with Gasteiger partial charge in [-0.3, -0.25) is 9.59 Å². The first-order valence-corrected chi connectivity index (χ1v) is 6.34. The van der Waals surface area contributed by atoms with Gasteiger partial charge in [-0.15, -0.1) is 0 Å². The van der Waals surface area contributed by atoms with Crippen LogP contribution in [-0.4, -0.2) is 18.0 Å². The van der Waals surface area contributed by atoms with E-state index in [1.165, 1.54) is 7.11 Å². The molecule has 0 amide bonds. The maximum absolute atomic E-state index is 11.8. The number of aryl methyl sites for hydroxylation is 1. The van der Waals surface area contributed by atoms with Crippen LogP contribution in [0.3, 0.4) is 0 Å². The minimum Gasteiger partial charge on any atom is -0.491 e. The monoisotopic (exact) mass is 249 g/mol. The SMILES string of the molecule is COc1c(C=O)n2c(cc1=O)CCC(C(C)C)C2. The van der Waals surface area contributed by atoms with Crippen LogP contribution in [-0.2, 0) is 13.0 Å². The van der Waals surface area contributed by atoms with Gasteiger partial charge in [0.15, 0.2) is 12.0 Å². The number of carbonyl (C=O) groups excluding carboxylic acids is 1. The lowest BCUT2D eigenvalue weighted by atomic mass is 9.87. The molecule has 4 nitrogen and oxygen atoms in total. The molecule has 1 aliphatic heterocycles. The molecule has 0 spiro atoms. The Labute approximate surface area is 107 Å². The Morgan fingerprint density at radius 3 is 2.78 bits per heavy atom. The molecule has 0 radical (unpaired) electrons. The van der Waals surface area contributed by atoms with Gasteiger partial charge in [-0.1, -0.05) is 13.8 Å². The van der Waals surface area contributed by atoms with Crippen LogP contribution in [0.5, 0.6) is 5.75 Å². The summed E-state index contributed by atoms with van der Waals surface area (Å²) >= 11 is 0. The topological polar surface area (TPSA) is 48.3 Å². The van der Waals surface area contributed by atoms with Gasteiger partial charge >= 0.3 is 0 Å². The molecule has 1 aromatic heterocycles. The van der Waals surface area contributed by atoms with Crippen molar-refractivity contribution in [3.8, 4) is 5.75 Å². The third-order valence-corrected chi connectivity index (χ3v) is 3.84. The molecule has 0 aliphatic carbocycles. The fourth-order valence-electron chi connectivity index (χ4n) is 2.65. The summed E-state index contributed by atoms with van der Waals surface area (Å²) in [5.41, 5.74) is 1.12. The highest BCUT2D eigenvalue weighted by molar-refractivity contribution is 5.77. The second-order valence-corrected chi connectivity index (χ2v) is 5.19. The average Bonchev–Trinajstić information content (AvgIpc) is 2.36. The van der Waals surface area contributed by atoms with Crippen molar-refractivity contribution in [1.82, 2.24) is 4.57 Å². The van der Waals surface area contributed by atoms with Gasteiger partial charge in [0.05, 0.1) is 7.11 Å². The highest BCUT2D eigenvalue weighted by Crippen LogP contribution is 2.28. The lowest BCUT2D eigenvalue weighted by molar-refractivity contribution is 0.110. The number of ether oxygens (including phenoxy) is 1. The third kappa shape index (κ3) is 2.07. The van der Waals surface area contributed by atoms with Crippen molar-refractivity contribution in [2.24, 2.45) is 11.8 Å². The average molecular weight is 249 g/mol.